The number of carbonyl (C=O) groups excluding carboxylic acids is 1. The molecule has 1 unspecified atom stereocenters. The van der Waals surface area contributed by atoms with Crippen LogP contribution in [0.5, 0.6) is 0 Å². The van der Waals surface area contributed by atoms with Crippen molar-refractivity contribution < 1.29 is 4.79 Å². The van der Waals surface area contributed by atoms with Crippen molar-refractivity contribution in [1.82, 2.24) is 0 Å². The SMILES string of the molecule is Cc1ccc(C)c2c1C(=O)CCC2c1ccccc1. The number of benzene rings is 2. The average Bonchev–Trinajstić information content (AvgIpc) is 2.44. The lowest BCUT2D eigenvalue weighted by Gasteiger charge is -2.28. The van der Waals surface area contributed by atoms with Crippen LogP contribution in [-0.2, 0) is 0 Å². The fraction of sp³-hybridized carbons (Fsp3) is 0.278. The molecule has 0 fully saturated rings. The lowest BCUT2D eigenvalue weighted by Crippen LogP contribution is -2.19. The Bertz CT molecular complexity index is 626. The predicted molar refractivity (Wildman–Crippen MR) is 77.8 cm³/mol. The molecule has 0 heterocycles. The Hall–Kier alpha value is -1.89. The Labute approximate surface area is 114 Å². The van der Waals surface area contributed by atoms with Crippen LogP contribution < -0.4 is 0 Å². The maximum Gasteiger partial charge on any atom is 0.163 e. The summed E-state index contributed by atoms with van der Waals surface area (Å²) in [4.78, 5) is 12.2. The van der Waals surface area contributed by atoms with Crippen molar-refractivity contribution in [2.75, 3.05) is 0 Å². The molecular weight excluding hydrogens is 232 g/mol. The van der Waals surface area contributed by atoms with E-state index < -0.39 is 0 Å². The van der Waals surface area contributed by atoms with E-state index in [1.54, 1.807) is 0 Å². The van der Waals surface area contributed by atoms with E-state index in [1.165, 1.54) is 16.7 Å². The van der Waals surface area contributed by atoms with Gasteiger partial charge in [-0.1, -0.05) is 42.5 Å². The molecule has 0 amide bonds. The molecule has 1 aliphatic carbocycles. The van der Waals surface area contributed by atoms with Crippen molar-refractivity contribution >= 4 is 5.78 Å². The number of aryl methyl sites for hydroxylation is 2. The molecule has 1 atom stereocenters. The predicted octanol–water partition coefficient (Wildman–Crippen LogP) is 4.41. The van der Waals surface area contributed by atoms with Gasteiger partial charge in [-0.3, -0.25) is 4.79 Å². The Morgan fingerprint density at radius 1 is 0.947 bits per heavy atom. The Kier molecular flexibility index (Phi) is 2.98. The number of ketones is 1. The molecule has 3 rings (SSSR count). The molecular formula is C18H18O. The molecule has 1 heteroatoms. The van der Waals surface area contributed by atoms with Crippen LogP contribution in [0.2, 0.25) is 0 Å². The second-order valence-corrected chi connectivity index (χ2v) is 5.41. The van der Waals surface area contributed by atoms with Crippen molar-refractivity contribution in [1.29, 1.82) is 0 Å². The van der Waals surface area contributed by atoms with Gasteiger partial charge in [-0.15, -0.1) is 0 Å². The number of Topliss-reactive ketones (excluding diaryl/α,β-unsaturated/α-hetero) is 1. The first-order valence-electron chi connectivity index (χ1n) is 6.86. The minimum Gasteiger partial charge on any atom is -0.294 e. The third kappa shape index (κ3) is 1.99. The van der Waals surface area contributed by atoms with E-state index in [9.17, 15) is 4.79 Å². The molecule has 2 aromatic rings. The zero-order valence-corrected chi connectivity index (χ0v) is 11.4. The van der Waals surface area contributed by atoms with Crippen LogP contribution in [0, 0.1) is 13.8 Å². The van der Waals surface area contributed by atoms with Gasteiger partial charge in [-0.25, -0.2) is 0 Å². The number of rotatable bonds is 1. The van der Waals surface area contributed by atoms with Gasteiger partial charge in [0.15, 0.2) is 5.78 Å². The third-order valence-electron chi connectivity index (χ3n) is 4.16. The van der Waals surface area contributed by atoms with Gasteiger partial charge in [0, 0.05) is 17.9 Å². The summed E-state index contributed by atoms with van der Waals surface area (Å²) < 4.78 is 0. The van der Waals surface area contributed by atoms with Crippen LogP contribution in [0.15, 0.2) is 42.5 Å². The monoisotopic (exact) mass is 250 g/mol. The molecule has 0 saturated heterocycles. The standard InChI is InChI=1S/C18H18O/c1-12-8-9-13(2)18-16(19)11-10-15(17(12)18)14-6-4-3-5-7-14/h3-9,15H,10-11H2,1-2H3. The highest BCUT2D eigenvalue weighted by molar-refractivity contribution is 6.00. The minimum atomic E-state index is 0.309. The van der Waals surface area contributed by atoms with Gasteiger partial charge in [-0.2, -0.15) is 0 Å². The third-order valence-corrected chi connectivity index (χ3v) is 4.16. The molecule has 0 aromatic heterocycles. The normalized spacial score (nSPS) is 18.2. The number of hydrogen-bond donors (Lipinski definition) is 0. The molecule has 0 bridgehead atoms. The molecule has 0 N–H and O–H groups in total. The van der Waals surface area contributed by atoms with Gasteiger partial charge in [0.1, 0.15) is 0 Å². The van der Waals surface area contributed by atoms with E-state index in [1.807, 2.05) is 13.0 Å². The Balaban J connectivity index is 2.21. The van der Waals surface area contributed by atoms with Gasteiger partial charge in [0.05, 0.1) is 0 Å². The molecule has 0 spiro atoms. The largest absolute Gasteiger partial charge is 0.294 e. The molecule has 19 heavy (non-hydrogen) atoms. The maximum absolute atomic E-state index is 12.2. The second kappa shape index (κ2) is 4.65. The van der Waals surface area contributed by atoms with Crippen molar-refractivity contribution in [2.45, 2.75) is 32.6 Å². The summed E-state index contributed by atoms with van der Waals surface area (Å²) >= 11 is 0. The second-order valence-electron chi connectivity index (χ2n) is 5.41. The minimum absolute atomic E-state index is 0.309. The van der Waals surface area contributed by atoms with E-state index in [0.717, 1.165) is 17.5 Å². The van der Waals surface area contributed by atoms with E-state index in [-0.39, 0.29) is 0 Å². The van der Waals surface area contributed by atoms with E-state index >= 15 is 0 Å². The van der Waals surface area contributed by atoms with Gasteiger partial charge in [-0.05, 0) is 42.5 Å². The van der Waals surface area contributed by atoms with Gasteiger partial charge < -0.3 is 0 Å². The average molecular weight is 250 g/mol. The first-order valence-corrected chi connectivity index (χ1v) is 6.86. The summed E-state index contributed by atoms with van der Waals surface area (Å²) in [5.74, 6) is 0.678. The summed E-state index contributed by atoms with van der Waals surface area (Å²) in [5.41, 5.74) is 5.90. The molecule has 1 aliphatic rings. The van der Waals surface area contributed by atoms with Gasteiger partial charge in [0.2, 0.25) is 0 Å². The van der Waals surface area contributed by atoms with Gasteiger partial charge in [0.25, 0.3) is 0 Å². The fourth-order valence-electron chi connectivity index (χ4n) is 3.22. The fourth-order valence-corrected chi connectivity index (χ4v) is 3.22. The molecule has 2 aromatic carbocycles. The summed E-state index contributed by atoms with van der Waals surface area (Å²) in [6.45, 7) is 4.16. The van der Waals surface area contributed by atoms with Crippen LogP contribution >= 0.6 is 0 Å². The first-order chi connectivity index (χ1) is 9.18. The van der Waals surface area contributed by atoms with Crippen LogP contribution in [0.1, 0.15) is 51.4 Å². The van der Waals surface area contributed by atoms with Crippen LogP contribution in [0.4, 0.5) is 0 Å². The van der Waals surface area contributed by atoms with E-state index in [2.05, 4.69) is 43.3 Å². The van der Waals surface area contributed by atoms with Crippen molar-refractivity contribution in [2.24, 2.45) is 0 Å². The van der Waals surface area contributed by atoms with Crippen molar-refractivity contribution in [3.05, 3.63) is 70.3 Å². The molecule has 0 aliphatic heterocycles. The van der Waals surface area contributed by atoms with Crippen LogP contribution in [-0.4, -0.2) is 5.78 Å². The molecule has 1 nitrogen and oxygen atoms in total. The highest BCUT2D eigenvalue weighted by Gasteiger charge is 2.29. The van der Waals surface area contributed by atoms with Gasteiger partial charge >= 0.3 is 0 Å². The van der Waals surface area contributed by atoms with Crippen molar-refractivity contribution in [3.63, 3.8) is 0 Å². The Morgan fingerprint density at radius 3 is 2.37 bits per heavy atom. The van der Waals surface area contributed by atoms with Crippen LogP contribution in [0.25, 0.3) is 0 Å². The maximum atomic E-state index is 12.2. The molecule has 96 valence electrons. The quantitative estimate of drug-likeness (QED) is 0.732. The summed E-state index contributed by atoms with van der Waals surface area (Å²) in [6, 6.07) is 14.8. The smallest absolute Gasteiger partial charge is 0.163 e. The molecule has 0 radical (unpaired) electrons. The zero-order chi connectivity index (χ0) is 13.4. The Morgan fingerprint density at radius 2 is 1.63 bits per heavy atom. The zero-order valence-electron chi connectivity index (χ0n) is 11.4. The summed E-state index contributed by atoms with van der Waals surface area (Å²) in [7, 11) is 0. The summed E-state index contributed by atoms with van der Waals surface area (Å²) in [6.07, 6.45) is 1.59. The first kappa shape index (κ1) is 12.2. The number of fused-ring (bicyclic) bond motifs is 1. The topological polar surface area (TPSA) is 17.1 Å². The lowest BCUT2D eigenvalue weighted by atomic mass is 9.75. The lowest BCUT2D eigenvalue weighted by molar-refractivity contribution is 0.0968. The van der Waals surface area contributed by atoms with E-state index in [4.69, 9.17) is 0 Å². The number of carbonyl (C=O) groups is 1. The van der Waals surface area contributed by atoms with Crippen LogP contribution in [0.3, 0.4) is 0 Å². The number of hydrogen-bond acceptors (Lipinski definition) is 1. The summed E-state index contributed by atoms with van der Waals surface area (Å²) in [5, 5.41) is 0. The highest BCUT2D eigenvalue weighted by Crippen LogP contribution is 2.39. The molecule has 0 saturated carbocycles. The van der Waals surface area contributed by atoms with E-state index in [0.29, 0.717) is 18.1 Å². The highest BCUT2D eigenvalue weighted by atomic mass is 16.1. The van der Waals surface area contributed by atoms with Crippen molar-refractivity contribution in [3.8, 4) is 0 Å².